The van der Waals surface area contributed by atoms with Gasteiger partial charge in [-0.25, -0.2) is 22.4 Å². The lowest BCUT2D eigenvalue weighted by Gasteiger charge is -2.18. The Balaban J connectivity index is 2.67. The number of aromatic hydroxyl groups is 1. The lowest BCUT2D eigenvalue weighted by Crippen LogP contribution is -2.20. The molecule has 1 heterocycles. The van der Waals surface area contributed by atoms with Crippen LogP contribution in [0.4, 0.5) is 17.6 Å². The average molecular weight is 367 g/mol. The first-order chi connectivity index (χ1) is 12.1. The molecule has 26 heavy (non-hydrogen) atoms. The van der Waals surface area contributed by atoms with Gasteiger partial charge >= 0.3 is 5.97 Å². The van der Waals surface area contributed by atoms with Crippen molar-refractivity contribution in [3.05, 3.63) is 69.0 Å². The molecule has 0 aliphatic heterocycles. The van der Waals surface area contributed by atoms with E-state index in [2.05, 4.69) is 0 Å². The second-order valence-electron chi connectivity index (χ2n) is 5.45. The smallest absolute Gasteiger partial charge is 0.356 e. The van der Waals surface area contributed by atoms with Crippen LogP contribution in [0.3, 0.4) is 0 Å². The maximum absolute atomic E-state index is 14.2. The van der Waals surface area contributed by atoms with Gasteiger partial charge in [-0.15, -0.1) is 0 Å². The van der Waals surface area contributed by atoms with Crippen LogP contribution in [0.5, 0.6) is 5.75 Å². The molecular formula is C17H9F4NO4. The third-order valence-corrected chi connectivity index (χ3v) is 3.92. The standard InChI is InChI=1S/C17H9F4NO4/c1-6-12-11(5-9(20)13(6)21)22(10-3-2-7(18)4-8(10)19)14(17(25)26)16(24)15(12)23/h2-5,24H,1H3,(H,25,26). The van der Waals surface area contributed by atoms with E-state index in [1.807, 2.05) is 0 Å². The van der Waals surface area contributed by atoms with E-state index in [9.17, 15) is 37.4 Å². The van der Waals surface area contributed by atoms with Crippen molar-refractivity contribution in [2.75, 3.05) is 0 Å². The number of carboxylic acid groups (broad SMARTS) is 1. The highest BCUT2D eigenvalue weighted by Gasteiger charge is 2.27. The van der Waals surface area contributed by atoms with E-state index in [1.165, 1.54) is 0 Å². The number of carboxylic acids is 1. The molecule has 3 rings (SSSR count). The molecule has 0 radical (unpaired) electrons. The largest absolute Gasteiger partial charge is 0.502 e. The normalized spacial score (nSPS) is 11.1. The van der Waals surface area contributed by atoms with Gasteiger partial charge in [-0.3, -0.25) is 9.36 Å². The minimum Gasteiger partial charge on any atom is -0.502 e. The van der Waals surface area contributed by atoms with Crippen molar-refractivity contribution >= 4 is 16.9 Å². The van der Waals surface area contributed by atoms with E-state index >= 15 is 0 Å². The van der Waals surface area contributed by atoms with Crippen molar-refractivity contribution < 1.29 is 32.6 Å². The number of aromatic nitrogens is 1. The number of halogens is 4. The Labute approximate surface area is 142 Å². The summed E-state index contributed by atoms with van der Waals surface area (Å²) in [4.78, 5) is 23.8. The lowest BCUT2D eigenvalue weighted by molar-refractivity contribution is 0.0684. The van der Waals surface area contributed by atoms with Crippen molar-refractivity contribution in [2.45, 2.75) is 6.92 Å². The fourth-order valence-electron chi connectivity index (χ4n) is 2.76. The Kier molecular flexibility index (Phi) is 3.94. The first kappa shape index (κ1) is 17.5. The molecule has 0 bridgehead atoms. The van der Waals surface area contributed by atoms with E-state index in [0.29, 0.717) is 16.7 Å². The van der Waals surface area contributed by atoms with E-state index in [4.69, 9.17) is 0 Å². The monoisotopic (exact) mass is 367 g/mol. The topological polar surface area (TPSA) is 79.5 Å². The summed E-state index contributed by atoms with van der Waals surface area (Å²) in [5.41, 5.74) is -3.89. The van der Waals surface area contributed by atoms with Gasteiger partial charge in [0.25, 0.3) is 0 Å². The quantitative estimate of drug-likeness (QED) is 0.682. The molecule has 2 N–H and O–H groups in total. The molecule has 0 spiro atoms. The molecule has 2 aromatic carbocycles. The Morgan fingerprint density at radius 3 is 2.31 bits per heavy atom. The number of benzene rings is 2. The molecule has 0 unspecified atom stereocenters. The molecule has 134 valence electrons. The van der Waals surface area contributed by atoms with Crippen molar-refractivity contribution in [2.24, 2.45) is 0 Å². The number of fused-ring (bicyclic) bond motifs is 1. The molecule has 3 aromatic rings. The summed E-state index contributed by atoms with van der Waals surface area (Å²) < 4.78 is 55.7. The Hall–Kier alpha value is -3.36. The van der Waals surface area contributed by atoms with Crippen LogP contribution in [0.1, 0.15) is 16.1 Å². The minimum atomic E-state index is -1.83. The predicted octanol–water partition coefficient (Wildman–Crippen LogP) is 3.26. The van der Waals surface area contributed by atoms with Crippen molar-refractivity contribution in [3.63, 3.8) is 0 Å². The van der Waals surface area contributed by atoms with Crippen LogP contribution in [0, 0.1) is 30.2 Å². The summed E-state index contributed by atoms with van der Waals surface area (Å²) in [7, 11) is 0. The summed E-state index contributed by atoms with van der Waals surface area (Å²) in [6.45, 7) is 1.05. The van der Waals surface area contributed by atoms with Gasteiger partial charge in [-0.05, 0) is 19.1 Å². The molecule has 0 fully saturated rings. The van der Waals surface area contributed by atoms with Crippen molar-refractivity contribution in [1.29, 1.82) is 0 Å². The minimum absolute atomic E-state index is 0.439. The number of nitrogens with zero attached hydrogens (tertiary/aromatic N) is 1. The summed E-state index contributed by atoms with van der Waals surface area (Å²) in [6.07, 6.45) is 0. The summed E-state index contributed by atoms with van der Waals surface area (Å²) in [5, 5.41) is 18.8. The molecular weight excluding hydrogens is 358 g/mol. The Morgan fingerprint density at radius 2 is 1.73 bits per heavy atom. The molecule has 0 saturated heterocycles. The molecule has 0 saturated carbocycles. The highest BCUT2D eigenvalue weighted by Crippen LogP contribution is 2.30. The van der Waals surface area contributed by atoms with Crippen LogP contribution >= 0.6 is 0 Å². The highest BCUT2D eigenvalue weighted by atomic mass is 19.2. The molecule has 0 amide bonds. The number of pyridine rings is 1. The summed E-state index contributed by atoms with van der Waals surface area (Å²) in [5.74, 6) is -8.10. The number of aromatic carboxylic acids is 1. The first-order valence-electron chi connectivity index (χ1n) is 7.10. The Morgan fingerprint density at radius 1 is 1.08 bits per heavy atom. The van der Waals surface area contributed by atoms with Gasteiger partial charge in [0, 0.05) is 17.7 Å². The van der Waals surface area contributed by atoms with Gasteiger partial charge < -0.3 is 10.2 Å². The number of carbonyl (C=O) groups is 1. The third kappa shape index (κ3) is 2.40. The second kappa shape index (κ2) is 5.87. The lowest BCUT2D eigenvalue weighted by atomic mass is 10.1. The molecule has 1 aromatic heterocycles. The maximum atomic E-state index is 14.2. The zero-order valence-electron chi connectivity index (χ0n) is 13.0. The highest BCUT2D eigenvalue weighted by molar-refractivity contribution is 5.96. The summed E-state index contributed by atoms with van der Waals surface area (Å²) >= 11 is 0. The van der Waals surface area contributed by atoms with Crippen LogP contribution in [0.25, 0.3) is 16.6 Å². The molecule has 9 heteroatoms. The van der Waals surface area contributed by atoms with Gasteiger partial charge in [0.1, 0.15) is 11.6 Å². The first-order valence-corrected chi connectivity index (χ1v) is 7.10. The van der Waals surface area contributed by atoms with Crippen LogP contribution in [0.2, 0.25) is 0 Å². The molecule has 0 aliphatic rings. The number of hydrogen-bond donors (Lipinski definition) is 2. The van der Waals surface area contributed by atoms with Crippen molar-refractivity contribution in [3.8, 4) is 11.4 Å². The van der Waals surface area contributed by atoms with Gasteiger partial charge in [-0.2, -0.15) is 0 Å². The molecule has 0 aliphatic carbocycles. The number of aryl methyl sites for hydroxylation is 1. The maximum Gasteiger partial charge on any atom is 0.356 e. The molecule has 5 nitrogen and oxygen atoms in total. The fourth-order valence-corrected chi connectivity index (χ4v) is 2.76. The summed E-state index contributed by atoms with van der Waals surface area (Å²) in [6, 6.07) is 2.59. The van der Waals surface area contributed by atoms with Gasteiger partial charge in [0.2, 0.25) is 5.43 Å². The average Bonchev–Trinajstić information content (AvgIpc) is 2.55. The van der Waals surface area contributed by atoms with E-state index < -0.39 is 68.3 Å². The van der Waals surface area contributed by atoms with Crippen LogP contribution in [-0.4, -0.2) is 20.7 Å². The van der Waals surface area contributed by atoms with Gasteiger partial charge in [-0.1, -0.05) is 0 Å². The zero-order valence-corrected chi connectivity index (χ0v) is 13.0. The van der Waals surface area contributed by atoms with Crippen LogP contribution < -0.4 is 5.43 Å². The van der Waals surface area contributed by atoms with Gasteiger partial charge in [0.05, 0.1) is 16.6 Å². The van der Waals surface area contributed by atoms with Gasteiger partial charge in [0.15, 0.2) is 23.1 Å². The fraction of sp³-hybridized carbons (Fsp3) is 0.0588. The van der Waals surface area contributed by atoms with E-state index in [1.54, 1.807) is 0 Å². The molecule has 0 atom stereocenters. The Bertz CT molecular complexity index is 1150. The second-order valence-corrected chi connectivity index (χ2v) is 5.45. The van der Waals surface area contributed by atoms with Crippen LogP contribution in [0.15, 0.2) is 29.1 Å². The number of hydrogen-bond acceptors (Lipinski definition) is 3. The van der Waals surface area contributed by atoms with Crippen LogP contribution in [-0.2, 0) is 0 Å². The number of rotatable bonds is 2. The zero-order chi connectivity index (χ0) is 19.3. The van der Waals surface area contributed by atoms with E-state index in [0.717, 1.165) is 19.1 Å². The van der Waals surface area contributed by atoms with Crippen molar-refractivity contribution in [1.82, 2.24) is 4.57 Å². The predicted molar refractivity (Wildman–Crippen MR) is 82.7 cm³/mol. The third-order valence-electron chi connectivity index (χ3n) is 3.92. The van der Waals surface area contributed by atoms with E-state index in [-0.39, 0.29) is 0 Å². The SMILES string of the molecule is Cc1c(F)c(F)cc2c1c(=O)c(O)c(C(=O)O)n2-c1ccc(F)cc1F.